The molecule has 2 nitrogen and oxygen atoms in total. The molecule has 0 unspecified atom stereocenters. The van der Waals surface area contributed by atoms with Crippen LogP contribution >= 0.6 is 11.3 Å². The van der Waals surface area contributed by atoms with Gasteiger partial charge in [0.1, 0.15) is 0 Å². The summed E-state index contributed by atoms with van der Waals surface area (Å²) in [6.07, 6.45) is 3.11. The van der Waals surface area contributed by atoms with Gasteiger partial charge in [0, 0.05) is 17.6 Å². The quantitative estimate of drug-likeness (QED) is 0.777. The van der Waals surface area contributed by atoms with Gasteiger partial charge in [-0.25, -0.2) is 4.98 Å². The second-order valence-corrected chi connectivity index (χ2v) is 4.21. The Morgan fingerprint density at radius 2 is 2.33 bits per heavy atom. The number of nitrogens with one attached hydrogen (secondary N) is 1. The van der Waals surface area contributed by atoms with E-state index < -0.39 is 0 Å². The minimum absolute atomic E-state index is 0.597. The molecule has 0 aromatic carbocycles. The molecule has 0 aliphatic rings. The number of aromatic nitrogens is 1. The van der Waals surface area contributed by atoms with Gasteiger partial charge < -0.3 is 5.32 Å². The first-order valence-electron chi connectivity index (χ1n) is 4.43. The van der Waals surface area contributed by atoms with Crippen LogP contribution in [0.5, 0.6) is 0 Å². The zero-order valence-corrected chi connectivity index (χ0v) is 8.74. The monoisotopic (exact) mass is 184 g/mol. The van der Waals surface area contributed by atoms with Crippen LogP contribution in [-0.2, 0) is 0 Å². The highest BCUT2D eigenvalue weighted by molar-refractivity contribution is 7.15. The highest BCUT2D eigenvalue weighted by Crippen LogP contribution is 2.24. The average Bonchev–Trinajstić information content (AvgIpc) is 2.48. The van der Waals surface area contributed by atoms with E-state index >= 15 is 0 Å². The van der Waals surface area contributed by atoms with Gasteiger partial charge in [-0.3, -0.25) is 0 Å². The smallest absolute Gasteiger partial charge is 0.182 e. The number of nitrogens with zero attached hydrogens (tertiary/aromatic N) is 1. The fourth-order valence-electron chi connectivity index (χ4n) is 0.867. The van der Waals surface area contributed by atoms with E-state index in [1.807, 2.05) is 6.20 Å². The van der Waals surface area contributed by atoms with Crippen molar-refractivity contribution in [2.75, 3.05) is 11.9 Å². The number of hydrogen-bond acceptors (Lipinski definition) is 3. The summed E-state index contributed by atoms with van der Waals surface area (Å²) in [4.78, 5) is 5.64. The molecule has 0 aliphatic heterocycles. The molecule has 12 heavy (non-hydrogen) atoms. The number of rotatable bonds is 4. The third-order valence-corrected chi connectivity index (χ3v) is 2.87. The van der Waals surface area contributed by atoms with Crippen molar-refractivity contribution in [2.45, 2.75) is 33.1 Å². The van der Waals surface area contributed by atoms with Crippen molar-refractivity contribution in [2.24, 2.45) is 0 Å². The molecular formula is C9H16N2S. The average molecular weight is 184 g/mol. The van der Waals surface area contributed by atoms with Crippen molar-refractivity contribution in [3.05, 3.63) is 11.1 Å². The van der Waals surface area contributed by atoms with Gasteiger partial charge >= 0.3 is 0 Å². The van der Waals surface area contributed by atoms with E-state index in [9.17, 15) is 0 Å². The van der Waals surface area contributed by atoms with Crippen molar-refractivity contribution in [3.63, 3.8) is 0 Å². The second-order valence-electron chi connectivity index (χ2n) is 3.15. The molecule has 0 atom stereocenters. The van der Waals surface area contributed by atoms with Gasteiger partial charge in [0.25, 0.3) is 0 Å². The van der Waals surface area contributed by atoms with E-state index in [1.165, 1.54) is 4.88 Å². The predicted octanol–water partition coefficient (Wildman–Crippen LogP) is 3.09. The van der Waals surface area contributed by atoms with E-state index in [2.05, 4.69) is 31.1 Å². The van der Waals surface area contributed by atoms with Gasteiger partial charge in [-0.15, -0.1) is 11.3 Å². The molecule has 0 radical (unpaired) electrons. The van der Waals surface area contributed by atoms with Crippen LogP contribution in [0.1, 0.15) is 38.0 Å². The fourth-order valence-corrected chi connectivity index (χ4v) is 1.71. The van der Waals surface area contributed by atoms with Crippen LogP contribution in [0.4, 0.5) is 5.13 Å². The SMILES string of the molecule is CCCNc1ncc(C(C)C)s1. The van der Waals surface area contributed by atoms with Crippen molar-refractivity contribution in [1.82, 2.24) is 4.98 Å². The lowest BCUT2D eigenvalue weighted by molar-refractivity contribution is 0.885. The van der Waals surface area contributed by atoms with Crippen LogP contribution in [0.3, 0.4) is 0 Å². The third-order valence-electron chi connectivity index (χ3n) is 1.62. The second kappa shape index (κ2) is 4.45. The van der Waals surface area contributed by atoms with Crippen molar-refractivity contribution < 1.29 is 0 Å². The van der Waals surface area contributed by atoms with Crippen molar-refractivity contribution in [1.29, 1.82) is 0 Å². The molecule has 0 spiro atoms. The Labute approximate surface area is 78.0 Å². The molecule has 0 saturated heterocycles. The standard InChI is InChI=1S/C9H16N2S/c1-4-5-10-9-11-6-8(12-9)7(2)3/h6-7H,4-5H2,1-3H3,(H,10,11). The maximum atomic E-state index is 4.28. The minimum atomic E-state index is 0.597. The van der Waals surface area contributed by atoms with E-state index in [1.54, 1.807) is 11.3 Å². The summed E-state index contributed by atoms with van der Waals surface area (Å²) in [5.41, 5.74) is 0. The highest BCUT2D eigenvalue weighted by atomic mass is 32.1. The van der Waals surface area contributed by atoms with Crippen molar-refractivity contribution in [3.8, 4) is 0 Å². The summed E-state index contributed by atoms with van der Waals surface area (Å²) in [5, 5.41) is 4.33. The first-order valence-corrected chi connectivity index (χ1v) is 5.25. The number of hydrogen-bond donors (Lipinski definition) is 1. The highest BCUT2D eigenvalue weighted by Gasteiger charge is 2.03. The van der Waals surface area contributed by atoms with Gasteiger partial charge in [0.15, 0.2) is 5.13 Å². The molecule has 1 N–H and O–H groups in total. The Kier molecular flexibility index (Phi) is 3.53. The summed E-state index contributed by atoms with van der Waals surface area (Å²) in [5.74, 6) is 0.597. The molecule has 1 heterocycles. The van der Waals surface area contributed by atoms with Crippen LogP contribution in [-0.4, -0.2) is 11.5 Å². The topological polar surface area (TPSA) is 24.9 Å². The maximum absolute atomic E-state index is 4.28. The zero-order valence-electron chi connectivity index (χ0n) is 7.92. The van der Waals surface area contributed by atoms with Crippen molar-refractivity contribution >= 4 is 16.5 Å². The fraction of sp³-hybridized carbons (Fsp3) is 0.667. The maximum Gasteiger partial charge on any atom is 0.182 e. The molecule has 3 heteroatoms. The van der Waals surface area contributed by atoms with Gasteiger partial charge in [-0.1, -0.05) is 20.8 Å². The van der Waals surface area contributed by atoms with Crippen LogP contribution in [0.2, 0.25) is 0 Å². The summed E-state index contributed by atoms with van der Waals surface area (Å²) in [6.45, 7) is 7.56. The van der Waals surface area contributed by atoms with Crippen LogP contribution in [0.15, 0.2) is 6.20 Å². The lowest BCUT2D eigenvalue weighted by atomic mass is 10.2. The first-order chi connectivity index (χ1) is 5.74. The molecule has 0 amide bonds. The molecule has 1 aromatic rings. The van der Waals surface area contributed by atoms with Gasteiger partial charge in [0.2, 0.25) is 0 Å². The van der Waals surface area contributed by atoms with E-state index in [4.69, 9.17) is 0 Å². The molecule has 0 aliphatic carbocycles. The van der Waals surface area contributed by atoms with Gasteiger partial charge in [-0.05, 0) is 12.3 Å². The zero-order chi connectivity index (χ0) is 8.97. The van der Waals surface area contributed by atoms with E-state index in [0.717, 1.165) is 18.1 Å². The van der Waals surface area contributed by atoms with Crippen LogP contribution < -0.4 is 5.32 Å². The summed E-state index contributed by atoms with van der Waals surface area (Å²) in [7, 11) is 0. The minimum Gasteiger partial charge on any atom is -0.362 e. The molecular weight excluding hydrogens is 168 g/mol. The Hall–Kier alpha value is -0.570. The Morgan fingerprint density at radius 1 is 1.58 bits per heavy atom. The molecule has 0 saturated carbocycles. The summed E-state index contributed by atoms with van der Waals surface area (Å²) >= 11 is 1.76. The van der Waals surface area contributed by atoms with E-state index in [0.29, 0.717) is 5.92 Å². The molecule has 68 valence electrons. The molecule has 1 aromatic heterocycles. The molecule has 0 bridgehead atoms. The number of anilines is 1. The van der Waals surface area contributed by atoms with Gasteiger partial charge in [-0.2, -0.15) is 0 Å². The first kappa shape index (κ1) is 9.52. The largest absolute Gasteiger partial charge is 0.362 e. The predicted molar refractivity (Wildman–Crippen MR) is 55.0 cm³/mol. The Balaban J connectivity index is 2.52. The lowest BCUT2D eigenvalue weighted by Crippen LogP contribution is -1.97. The Morgan fingerprint density at radius 3 is 2.83 bits per heavy atom. The van der Waals surface area contributed by atoms with Gasteiger partial charge in [0.05, 0.1) is 0 Å². The van der Waals surface area contributed by atoms with Crippen LogP contribution in [0.25, 0.3) is 0 Å². The molecule has 1 rings (SSSR count). The van der Waals surface area contributed by atoms with E-state index in [-0.39, 0.29) is 0 Å². The Bertz CT molecular complexity index is 230. The number of thiazole rings is 1. The summed E-state index contributed by atoms with van der Waals surface area (Å²) in [6, 6.07) is 0. The normalized spacial score (nSPS) is 10.7. The lowest BCUT2D eigenvalue weighted by Gasteiger charge is -1.98. The van der Waals surface area contributed by atoms with Crippen LogP contribution in [0, 0.1) is 0 Å². The summed E-state index contributed by atoms with van der Waals surface area (Å²) < 4.78 is 0. The molecule has 0 fully saturated rings. The third kappa shape index (κ3) is 2.48.